The molecule has 0 radical (unpaired) electrons. The van der Waals surface area contributed by atoms with Crippen molar-refractivity contribution >= 4 is 21.9 Å². The quantitative estimate of drug-likeness (QED) is 0.411. The standard InChI is InChI=1S/C26H35BrN4/c27-24-16-8-7-11-21(24)18-20-31-19-10-9-17-25(31)30-26(28-22-12-3-1-4-13-22)29-23-14-5-2-6-15-23/h7-11,16-17,19,22-23H,1-6,12-15,18,20H2,(H,28,29). The molecule has 1 heterocycles. The van der Waals surface area contributed by atoms with Crippen LogP contribution < -0.4 is 10.8 Å². The van der Waals surface area contributed by atoms with Crippen molar-refractivity contribution in [1.29, 1.82) is 0 Å². The van der Waals surface area contributed by atoms with Gasteiger partial charge in [-0.3, -0.25) is 0 Å². The Morgan fingerprint density at radius 3 is 2.39 bits per heavy atom. The molecule has 0 atom stereocenters. The summed E-state index contributed by atoms with van der Waals surface area (Å²) < 4.78 is 3.42. The van der Waals surface area contributed by atoms with Gasteiger partial charge >= 0.3 is 0 Å². The van der Waals surface area contributed by atoms with Crippen molar-refractivity contribution in [2.45, 2.75) is 89.3 Å². The van der Waals surface area contributed by atoms with E-state index in [2.05, 4.69) is 74.5 Å². The van der Waals surface area contributed by atoms with E-state index < -0.39 is 0 Å². The topological polar surface area (TPSA) is 41.7 Å². The van der Waals surface area contributed by atoms with Crippen molar-refractivity contribution in [1.82, 2.24) is 9.88 Å². The molecule has 4 nitrogen and oxygen atoms in total. The second kappa shape index (κ2) is 11.7. The third-order valence-corrected chi connectivity index (χ3v) is 7.31. The summed E-state index contributed by atoms with van der Waals surface area (Å²) in [6, 6.07) is 15.7. The normalized spacial score (nSPS) is 19.5. The highest BCUT2D eigenvalue weighted by molar-refractivity contribution is 9.10. The predicted octanol–water partition coefficient (Wildman–Crippen LogP) is 6.01. The summed E-state index contributed by atoms with van der Waals surface area (Å²) >= 11 is 3.68. The Labute approximate surface area is 195 Å². The lowest BCUT2D eigenvalue weighted by Gasteiger charge is -2.25. The van der Waals surface area contributed by atoms with E-state index in [0.29, 0.717) is 12.1 Å². The van der Waals surface area contributed by atoms with Gasteiger partial charge in [-0.1, -0.05) is 78.7 Å². The Bertz CT molecular complexity index is 921. The second-order valence-corrected chi connectivity index (χ2v) is 9.78. The van der Waals surface area contributed by atoms with Gasteiger partial charge in [0.15, 0.2) is 0 Å². The van der Waals surface area contributed by atoms with E-state index in [1.54, 1.807) is 0 Å². The van der Waals surface area contributed by atoms with Crippen LogP contribution in [0, 0.1) is 0 Å². The van der Waals surface area contributed by atoms with Gasteiger partial charge in [0.05, 0.1) is 6.04 Å². The maximum Gasteiger partial charge on any atom is 0.220 e. The summed E-state index contributed by atoms with van der Waals surface area (Å²) in [5.74, 6) is 0.847. The van der Waals surface area contributed by atoms with Crippen LogP contribution in [0.5, 0.6) is 0 Å². The van der Waals surface area contributed by atoms with Gasteiger partial charge < -0.3 is 9.88 Å². The van der Waals surface area contributed by atoms with Crippen molar-refractivity contribution in [3.8, 4) is 0 Å². The molecule has 5 heteroatoms. The number of aliphatic imine (C=N–C) groups is 1. The molecule has 1 aromatic carbocycles. The number of pyridine rings is 1. The zero-order valence-electron chi connectivity index (χ0n) is 18.5. The first-order chi connectivity index (χ1) is 15.3. The van der Waals surface area contributed by atoms with Crippen molar-refractivity contribution in [3.63, 3.8) is 0 Å². The number of benzene rings is 1. The smallest absolute Gasteiger partial charge is 0.220 e. The van der Waals surface area contributed by atoms with Gasteiger partial charge in [0.2, 0.25) is 5.96 Å². The molecule has 0 bridgehead atoms. The Balaban J connectivity index is 1.57. The Morgan fingerprint density at radius 2 is 1.61 bits per heavy atom. The number of hydrogen-bond donors (Lipinski definition) is 1. The number of hydrogen-bond acceptors (Lipinski definition) is 1. The molecule has 0 spiro atoms. The Kier molecular flexibility index (Phi) is 8.39. The fourth-order valence-electron chi connectivity index (χ4n) is 4.72. The largest absolute Gasteiger partial charge is 0.352 e. The highest BCUT2D eigenvalue weighted by Gasteiger charge is 2.17. The molecule has 2 aromatic rings. The lowest BCUT2D eigenvalue weighted by molar-refractivity contribution is 0.407. The monoisotopic (exact) mass is 482 g/mol. The van der Waals surface area contributed by atoms with E-state index in [-0.39, 0.29) is 0 Å². The number of rotatable bonds is 5. The molecule has 166 valence electrons. The minimum Gasteiger partial charge on any atom is -0.352 e. The molecule has 2 aliphatic carbocycles. The molecule has 1 N–H and O–H groups in total. The molecule has 0 aliphatic heterocycles. The van der Waals surface area contributed by atoms with Gasteiger partial charge in [0.25, 0.3) is 0 Å². The average molecular weight is 483 g/mol. The van der Waals surface area contributed by atoms with E-state index in [9.17, 15) is 0 Å². The van der Waals surface area contributed by atoms with Crippen LogP contribution in [0.25, 0.3) is 0 Å². The van der Waals surface area contributed by atoms with Crippen LogP contribution in [0.4, 0.5) is 0 Å². The van der Waals surface area contributed by atoms with Crippen molar-refractivity contribution in [3.05, 3.63) is 64.2 Å². The molecule has 2 aliphatic rings. The van der Waals surface area contributed by atoms with Crippen molar-refractivity contribution in [2.24, 2.45) is 9.98 Å². The molecular weight excluding hydrogens is 448 g/mol. The van der Waals surface area contributed by atoms with Gasteiger partial charge in [-0.2, -0.15) is 4.99 Å². The number of aryl methyl sites for hydroxylation is 2. The summed E-state index contributed by atoms with van der Waals surface area (Å²) in [5.41, 5.74) is 2.30. The first-order valence-electron chi connectivity index (χ1n) is 12.1. The summed E-state index contributed by atoms with van der Waals surface area (Å²) in [6.07, 6.45) is 15.9. The van der Waals surface area contributed by atoms with Crippen LogP contribution in [0.15, 0.2) is 63.1 Å². The SMILES string of the molecule is Brc1ccccc1CCn1ccccc1=NC(=NC1CCCCC1)NC1CCCCC1. The van der Waals surface area contributed by atoms with Crippen LogP contribution in [-0.4, -0.2) is 22.6 Å². The van der Waals surface area contributed by atoms with E-state index in [1.807, 2.05) is 0 Å². The van der Waals surface area contributed by atoms with Crippen molar-refractivity contribution < 1.29 is 0 Å². The summed E-state index contributed by atoms with van der Waals surface area (Å²) in [7, 11) is 0. The van der Waals surface area contributed by atoms with Gasteiger partial charge in [-0.05, 0) is 55.9 Å². The zero-order valence-corrected chi connectivity index (χ0v) is 20.1. The van der Waals surface area contributed by atoms with Gasteiger partial charge in [0, 0.05) is 23.3 Å². The lowest BCUT2D eigenvalue weighted by atomic mass is 9.95. The van der Waals surface area contributed by atoms with Gasteiger partial charge in [-0.15, -0.1) is 0 Å². The fourth-order valence-corrected chi connectivity index (χ4v) is 5.20. The fraction of sp³-hybridized carbons (Fsp3) is 0.538. The zero-order chi connectivity index (χ0) is 21.3. The van der Waals surface area contributed by atoms with Crippen LogP contribution in [-0.2, 0) is 13.0 Å². The second-order valence-electron chi connectivity index (χ2n) is 8.93. The van der Waals surface area contributed by atoms with E-state index in [0.717, 1.165) is 24.4 Å². The lowest BCUT2D eigenvalue weighted by Crippen LogP contribution is -2.38. The minimum absolute atomic E-state index is 0.418. The number of aromatic nitrogens is 1. The highest BCUT2D eigenvalue weighted by atomic mass is 79.9. The first-order valence-corrected chi connectivity index (χ1v) is 12.9. The van der Waals surface area contributed by atoms with Gasteiger partial charge in [0.1, 0.15) is 5.49 Å². The first kappa shape index (κ1) is 22.3. The van der Waals surface area contributed by atoms with E-state index in [1.165, 1.54) is 74.2 Å². The maximum atomic E-state index is 5.12. The summed E-state index contributed by atoms with van der Waals surface area (Å²) in [6.45, 7) is 0.891. The van der Waals surface area contributed by atoms with E-state index in [4.69, 9.17) is 9.98 Å². The molecule has 0 amide bonds. The molecule has 1 aromatic heterocycles. The molecule has 2 fully saturated rings. The third-order valence-electron chi connectivity index (χ3n) is 6.53. The molecule has 0 saturated heterocycles. The summed E-state index contributed by atoms with van der Waals surface area (Å²) in [4.78, 5) is 10.2. The van der Waals surface area contributed by atoms with E-state index >= 15 is 0 Å². The van der Waals surface area contributed by atoms with Crippen molar-refractivity contribution in [2.75, 3.05) is 0 Å². The number of guanidine groups is 1. The maximum absolute atomic E-state index is 5.12. The van der Waals surface area contributed by atoms with Crippen LogP contribution >= 0.6 is 15.9 Å². The third kappa shape index (κ3) is 6.80. The molecule has 0 unspecified atom stereocenters. The van der Waals surface area contributed by atoms with Crippen LogP contribution in [0.3, 0.4) is 0 Å². The number of nitrogens with zero attached hydrogens (tertiary/aromatic N) is 3. The molecular formula is C26H35BrN4. The Morgan fingerprint density at radius 1 is 0.903 bits per heavy atom. The number of halogens is 1. The molecule has 31 heavy (non-hydrogen) atoms. The van der Waals surface area contributed by atoms with Crippen LogP contribution in [0.2, 0.25) is 0 Å². The van der Waals surface area contributed by atoms with Gasteiger partial charge in [-0.25, -0.2) is 4.99 Å². The molecule has 2 saturated carbocycles. The highest BCUT2D eigenvalue weighted by Crippen LogP contribution is 2.21. The average Bonchev–Trinajstić information content (AvgIpc) is 2.81. The Hall–Kier alpha value is -1.88. The predicted molar refractivity (Wildman–Crippen MR) is 132 cm³/mol. The minimum atomic E-state index is 0.418. The number of nitrogens with one attached hydrogen (secondary N) is 1. The summed E-state index contributed by atoms with van der Waals surface area (Å²) in [5, 5.41) is 3.72. The van der Waals surface area contributed by atoms with Crippen LogP contribution in [0.1, 0.15) is 69.8 Å². The molecule has 4 rings (SSSR count).